The zero-order valence-electron chi connectivity index (χ0n) is 16.1. The van der Waals surface area contributed by atoms with E-state index in [2.05, 4.69) is 39.4 Å². The molecule has 1 heterocycles. The molecular formula is C19H26F2IN3O2S. The molecule has 1 aromatic carbocycles. The Morgan fingerprint density at radius 1 is 1.18 bits per heavy atom. The quantitative estimate of drug-likeness (QED) is 0.286. The second-order valence-electron chi connectivity index (χ2n) is 5.75. The molecule has 0 amide bonds. The van der Waals surface area contributed by atoms with Gasteiger partial charge < -0.3 is 20.1 Å². The highest BCUT2D eigenvalue weighted by Gasteiger charge is 2.11. The molecule has 0 spiro atoms. The number of aliphatic imine (C=N–C) groups is 1. The molecule has 0 aliphatic rings. The van der Waals surface area contributed by atoms with Gasteiger partial charge in [-0.25, -0.2) is 4.99 Å². The van der Waals surface area contributed by atoms with E-state index >= 15 is 0 Å². The first kappa shape index (κ1) is 24.4. The van der Waals surface area contributed by atoms with E-state index in [1.807, 2.05) is 13.0 Å². The van der Waals surface area contributed by atoms with Crippen molar-refractivity contribution in [1.82, 2.24) is 10.6 Å². The number of methoxy groups -OCH3 is 1. The number of ether oxygens (including phenoxy) is 2. The fraction of sp³-hybridized carbons (Fsp3) is 0.421. The van der Waals surface area contributed by atoms with Crippen LogP contribution in [0.3, 0.4) is 0 Å². The number of alkyl halides is 2. The summed E-state index contributed by atoms with van der Waals surface area (Å²) in [5, 5.41) is 6.46. The molecule has 0 aliphatic carbocycles. The molecule has 0 aliphatic heterocycles. The van der Waals surface area contributed by atoms with E-state index in [9.17, 15) is 8.78 Å². The van der Waals surface area contributed by atoms with Crippen LogP contribution in [0, 0.1) is 6.92 Å². The number of nitrogens with one attached hydrogen (secondary N) is 2. The van der Waals surface area contributed by atoms with Gasteiger partial charge in [0.2, 0.25) is 0 Å². The van der Waals surface area contributed by atoms with Crippen LogP contribution in [0.25, 0.3) is 0 Å². The zero-order chi connectivity index (χ0) is 19.6. The second kappa shape index (κ2) is 12.8. The summed E-state index contributed by atoms with van der Waals surface area (Å²) in [6.45, 7) is 3.16. The van der Waals surface area contributed by atoms with E-state index in [0.29, 0.717) is 19.5 Å². The number of rotatable bonds is 9. The lowest BCUT2D eigenvalue weighted by molar-refractivity contribution is -0.0512. The number of halogens is 3. The average molecular weight is 525 g/mol. The summed E-state index contributed by atoms with van der Waals surface area (Å²) in [5.74, 6) is 1.05. The van der Waals surface area contributed by atoms with Crippen LogP contribution in [-0.4, -0.2) is 32.8 Å². The fourth-order valence-electron chi connectivity index (χ4n) is 2.46. The summed E-state index contributed by atoms with van der Waals surface area (Å²) in [6, 6.07) is 9.20. The number of hydrogen-bond acceptors (Lipinski definition) is 4. The summed E-state index contributed by atoms with van der Waals surface area (Å²) in [5.41, 5.74) is 0.865. The summed E-state index contributed by atoms with van der Waals surface area (Å²) >= 11 is 1.73. The summed E-state index contributed by atoms with van der Waals surface area (Å²) in [4.78, 5) is 7.04. The number of nitrogens with zero attached hydrogens (tertiary/aromatic N) is 1. The lowest BCUT2D eigenvalue weighted by Crippen LogP contribution is -2.38. The van der Waals surface area contributed by atoms with Gasteiger partial charge in [-0.3, -0.25) is 0 Å². The summed E-state index contributed by atoms with van der Waals surface area (Å²) < 4.78 is 34.6. The van der Waals surface area contributed by atoms with Gasteiger partial charge in [-0.05, 0) is 50.1 Å². The summed E-state index contributed by atoms with van der Waals surface area (Å²) in [6.07, 6.45) is 0.631. The van der Waals surface area contributed by atoms with Gasteiger partial charge in [0, 0.05) is 22.8 Å². The number of thiophene rings is 1. The minimum atomic E-state index is -2.89. The molecule has 5 nitrogen and oxygen atoms in total. The maximum Gasteiger partial charge on any atom is 0.387 e. The molecule has 156 valence electrons. The van der Waals surface area contributed by atoms with Crippen molar-refractivity contribution in [3.05, 3.63) is 45.6 Å². The predicted molar refractivity (Wildman–Crippen MR) is 121 cm³/mol. The van der Waals surface area contributed by atoms with Crippen LogP contribution in [0.5, 0.6) is 11.5 Å². The smallest absolute Gasteiger partial charge is 0.387 e. The van der Waals surface area contributed by atoms with Gasteiger partial charge in [-0.15, -0.1) is 35.3 Å². The highest BCUT2D eigenvalue weighted by molar-refractivity contribution is 14.0. The Bertz CT molecular complexity index is 757. The molecule has 0 radical (unpaired) electrons. The summed E-state index contributed by atoms with van der Waals surface area (Å²) in [7, 11) is 1.42. The van der Waals surface area contributed by atoms with E-state index in [1.165, 1.54) is 16.9 Å². The van der Waals surface area contributed by atoms with E-state index in [-0.39, 0.29) is 35.5 Å². The van der Waals surface area contributed by atoms with Crippen molar-refractivity contribution < 1.29 is 18.3 Å². The van der Waals surface area contributed by atoms with E-state index < -0.39 is 6.61 Å². The first-order valence-corrected chi connectivity index (χ1v) is 9.52. The lowest BCUT2D eigenvalue weighted by atomic mass is 10.1. The molecule has 0 saturated heterocycles. The van der Waals surface area contributed by atoms with Crippen molar-refractivity contribution in [3.63, 3.8) is 0 Å². The molecule has 0 saturated carbocycles. The van der Waals surface area contributed by atoms with Crippen LogP contribution >= 0.6 is 35.3 Å². The Hall–Kier alpha value is -1.62. The first-order chi connectivity index (χ1) is 13.0. The zero-order valence-corrected chi connectivity index (χ0v) is 19.3. The third-order valence-electron chi connectivity index (χ3n) is 3.68. The number of guanidine groups is 1. The van der Waals surface area contributed by atoms with Gasteiger partial charge in [0.1, 0.15) is 0 Å². The molecular weight excluding hydrogens is 499 g/mol. The topological polar surface area (TPSA) is 54.9 Å². The molecule has 2 N–H and O–H groups in total. The SMILES string of the molecule is CCNC(=NCc1ccc(C)s1)NCCc1ccc(OC)c(OC(F)F)c1.I. The predicted octanol–water partition coefficient (Wildman–Crippen LogP) is 4.58. The van der Waals surface area contributed by atoms with E-state index in [0.717, 1.165) is 18.1 Å². The standard InChI is InChI=1S/C19H25F2N3O2S.HI/c1-4-22-19(24-12-15-7-5-13(2)27-15)23-10-9-14-6-8-16(25-3)17(11-14)26-18(20)21;/h5-8,11,18H,4,9-10,12H2,1-3H3,(H2,22,23,24);1H. The molecule has 2 aromatic rings. The first-order valence-electron chi connectivity index (χ1n) is 8.71. The van der Waals surface area contributed by atoms with Crippen LogP contribution < -0.4 is 20.1 Å². The van der Waals surface area contributed by atoms with Crippen molar-refractivity contribution in [3.8, 4) is 11.5 Å². The Morgan fingerprint density at radius 2 is 1.96 bits per heavy atom. The van der Waals surface area contributed by atoms with Crippen molar-refractivity contribution >= 4 is 41.3 Å². The largest absolute Gasteiger partial charge is 0.493 e. The number of aryl methyl sites for hydroxylation is 1. The van der Waals surface area contributed by atoms with Crippen LogP contribution in [0.15, 0.2) is 35.3 Å². The minimum Gasteiger partial charge on any atom is -0.493 e. The molecule has 0 unspecified atom stereocenters. The molecule has 28 heavy (non-hydrogen) atoms. The molecule has 2 rings (SSSR count). The van der Waals surface area contributed by atoms with E-state index in [4.69, 9.17) is 4.74 Å². The maximum atomic E-state index is 12.5. The maximum absolute atomic E-state index is 12.5. The third kappa shape index (κ3) is 8.17. The molecule has 0 fully saturated rings. The van der Waals surface area contributed by atoms with Gasteiger partial charge in [0.25, 0.3) is 0 Å². The average Bonchev–Trinajstić information content (AvgIpc) is 3.05. The molecule has 0 atom stereocenters. The van der Waals surface area contributed by atoms with Crippen molar-refractivity contribution in [1.29, 1.82) is 0 Å². The van der Waals surface area contributed by atoms with Crippen molar-refractivity contribution in [2.24, 2.45) is 4.99 Å². The van der Waals surface area contributed by atoms with Crippen molar-refractivity contribution in [2.45, 2.75) is 33.4 Å². The highest BCUT2D eigenvalue weighted by atomic mass is 127. The monoisotopic (exact) mass is 525 g/mol. The van der Waals surface area contributed by atoms with Crippen LogP contribution in [-0.2, 0) is 13.0 Å². The van der Waals surface area contributed by atoms with Crippen LogP contribution in [0.4, 0.5) is 8.78 Å². The van der Waals surface area contributed by atoms with Gasteiger partial charge in [0.15, 0.2) is 17.5 Å². The Labute approximate surface area is 185 Å². The Morgan fingerprint density at radius 3 is 2.57 bits per heavy atom. The van der Waals surface area contributed by atoms with E-state index in [1.54, 1.807) is 23.5 Å². The van der Waals surface area contributed by atoms with Crippen molar-refractivity contribution in [2.75, 3.05) is 20.2 Å². The number of hydrogen-bond donors (Lipinski definition) is 2. The third-order valence-corrected chi connectivity index (χ3v) is 4.67. The van der Waals surface area contributed by atoms with Gasteiger partial charge in [-0.2, -0.15) is 8.78 Å². The molecule has 9 heteroatoms. The Kier molecular flexibility index (Phi) is 11.1. The number of benzene rings is 1. The van der Waals surface area contributed by atoms with Gasteiger partial charge in [0.05, 0.1) is 13.7 Å². The van der Waals surface area contributed by atoms with Crippen LogP contribution in [0.1, 0.15) is 22.2 Å². The minimum absolute atomic E-state index is 0. The second-order valence-corrected chi connectivity index (χ2v) is 7.12. The van der Waals surface area contributed by atoms with Crippen LogP contribution in [0.2, 0.25) is 0 Å². The highest BCUT2D eigenvalue weighted by Crippen LogP contribution is 2.29. The normalized spacial score (nSPS) is 11.1. The molecule has 1 aromatic heterocycles. The van der Waals surface area contributed by atoms with Gasteiger partial charge in [-0.1, -0.05) is 6.07 Å². The fourth-order valence-corrected chi connectivity index (χ4v) is 3.27. The lowest BCUT2D eigenvalue weighted by Gasteiger charge is -2.13. The molecule has 0 bridgehead atoms. The Balaban J connectivity index is 0.00000392. The van der Waals surface area contributed by atoms with Gasteiger partial charge >= 0.3 is 6.61 Å².